The summed E-state index contributed by atoms with van der Waals surface area (Å²) in [6, 6.07) is 15.3. The molecule has 1 amide bonds. The van der Waals surface area contributed by atoms with Crippen molar-refractivity contribution in [3.05, 3.63) is 75.8 Å². The smallest absolute Gasteiger partial charge is 0.270 e. The molecule has 0 bridgehead atoms. The van der Waals surface area contributed by atoms with Crippen LogP contribution in [0, 0.1) is 10.1 Å². The van der Waals surface area contributed by atoms with Crippen molar-refractivity contribution in [2.24, 2.45) is 5.73 Å². The van der Waals surface area contributed by atoms with E-state index < -0.39 is 4.92 Å². The standard InChI is InChI=1S/C16H17N3O3/c17-9-10-18(12-13-5-2-1-3-6-13)16(20)14-7-4-8-15(11-14)19(21)22/h1-8,11H,9-10,12,17H2. The van der Waals surface area contributed by atoms with E-state index >= 15 is 0 Å². The van der Waals surface area contributed by atoms with Gasteiger partial charge in [0.1, 0.15) is 0 Å². The zero-order chi connectivity index (χ0) is 15.9. The summed E-state index contributed by atoms with van der Waals surface area (Å²) >= 11 is 0. The number of hydrogen-bond donors (Lipinski definition) is 1. The van der Waals surface area contributed by atoms with Crippen LogP contribution in [0.5, 0.6) is 0 Å². The number of nitrogens with zero attached hydrogens (tertiary/aromatic N) is 2. The van der Waals surface area contributed by atoms with E-state index in [4.69, 9.17) is 5.73 Å². The maximum Gasteiger partial charge on any atom is 0.270 e. The molecular weight excluding hydrogens is 282 g/mol. The normalized spacial score (nSPS) is 10.2. The molecule has 0 spiro atoms. The van der Waals surface area contributed by atoms with Crippen LogP contribution >= 0.6 is 0 Å². The van der Waals surface area contributed by atoms with E-state index in [2.05, 4.69) is 0 Å². The molecule has 0 unspecified atom stereocenters. The monoisotopic (exact) mass is 299 g/mol. The molecule has 0 atom stereocenters. The Balaban J connectivity index is 2.22. The summed E-state index contributed by atoms with van der Waals surface area (Å²) in [5.74, 6) is -0.266. The molecule has 2 N–H and O–H groups in total. The zero-order valence-corrected chi connectivity index (χ0v) is 12.0. The number of rotatable bonds is 6. The number of carbonyl (C=O) groups excluding carboxylic acids is 1. The van der Waals surface area contributed by atoms with Crippen LogP contribution in [0.15, 0.2) is 54.6 Å². The van der Waals surface area contributed by atoms with Crippen LogP contribution in [0.4, 0.5) is 5.69 Å². The van der Waals surface area contributed by atoms with E-state index in [1.807, 2.05) is 30.3 Å². The summed E-state index contributed by atoms with van der Waals surface area (Å²) in [4.78, 5) is 24.5. The lowest BCUT2D eigenvalue weighted by Gasteiger charge is -2.22. The van der Waals surface area contributed by atoms with Gasteiger partial charge < -0.3 is 10.6 Å². The van der Waals surface area contributed by atoms with Gasteiger partial charge in [0.25, 0.3) is 11.6 Å². The van der Waals surface area contributed by atoms with Gasteiger partial charge in [-0.05, 0) is 11.6 Å². The first-order valence-electron chi connectivity index (χ1n) is 6.89. The predicted molar refractivity (Wildman–Crippen MR) is 83.3 cm³/mol. The molecule has 2 aromatic carbocycles. The van der Waals surface area contributed by atoms with Crippen LogP contribution in [0.2, 0.25) is 0 Å². The zero-order valence-electron chi connectivity index (χ0n) is 12.0. The molecule has 0 heterocycles. The third kappa shape index (κ3) is 3.89. The molecule has 6 nitrogen and oxygen atoms in total. The van der Waals surface area contributed by atoms with E-state index in [1.54, 1.807) is 11.0 Å². The van der Waals surface area contributed by atoms with Crippen molar-refractivity contribution in [1.29, 1.82) is 0 Å². The van der Waals surface area contributed by atoms with Crippen molar-refractivity contribution in [3.63, 3.8) is 0 Å². The summed E-state index contributed by atoms with van der Waals surface area (Å²) in [6.45, 7) is 1.13. The molecule has 0 saturated carbocycles. The second kappa shape index (κ2) is 7.33. The maximum atomic E-state index is 12.6. The molecule has 22 heavy (non-hydrogen) atoms. The summed E-state index contributed by atoms with van der Waals surface area (Å²) < 4.78 is 0. The van der Waals surface area contributed by atoms with Crippen LogP contribution in [0.3, 0.4) is 0 Å². The Morgan fingerprint density at radius 1 is 1.14 bits per heavy atom. The maximum absolute atomic E-state index is 12.6. The number of benzene rings is 2. The molecule has 2 rings (SSSR count). The van der Waals surface area contributed by atoms with Crippen LogP contribution in [-0.2, 0) is 6.54 Å². The quantitative estimate of drug-likeness (QED) is 0.654. The Kier molecular flexibility index (Phi) is 5.21. The van der Waals surface area contributed by atoms with Crippen LogP contribution in [0.1, 0.15) is 15.9 Å². The Morgan fingerprint density at radius 2 is 1.86 bits per heavy atom. The van der Waals surface area contributed by atoms with Crippen LogP contribution in [0.25, 0.3) is 0 Å². The van der Waals surface area contributed by atoms with Crippen LogP contribution < -0.4 is 5.73 Å². The number of nitrogens with two attached hydrogens (primary N) is 1. The van der Waals surface area contributed by atoms with Gasteiger partial charge in [-0.1, -0.05) is 36.4 Å². The second-order valence-corrected chi connectivity index (χ2v) is 4.81. The highest BCUT2D eigenvalue weighted by Gasteiger charge is 2.18. The molecule has 2 aromatic rings. The average Bonchev–Trinajstić information content (AvgIpc) is 2.55. The second-order valence-electron chi connectivity index (χ2n) is 4.81. The fourth-order valence-corrected chi connectivity index (χ4v) is 2.15. The highest BCUT2D eigenvalue weighted by atomic mass is 16.6. The van der Waals surface area contributed by atoms with Gasteiger partial charge in [-0.3, -0.25) is 14.9 Å². The van der Waals surface area contributed by atoms with Gasteiger partial charge in [-0.2, -0.15) is 0 Å². The van der Waals surface area contributed by atoms with Gasteiger partial charge in [-0.15, -0.1) is 0 Å². The van der Waals surface area contributed by atoms with Crippen molar-refractivity contribution in [2.45, 2.75) is 6.54 Å². The van der Waals surface area contributed by atoms with E-state index in [0.29, 0.717) is 25.2 Å². The first-order chi connectivity index (χ1) is 10.6. The Labute approximate surface area is 128 Å². The molecule has 0 aliphatic carbocycles. The van der Waals surface area contributed by atoms with Gasteiger partial charge in [0.15, 0.2) is 0 Å². The van der Waals surface area contributed by atoms with Crippen molar-refractivity contribution >= 4 is 11.6 Å². The van der Waals surface area contributed by atoms with E-state index in [1.165, 1.54) is 18.2 Å². The van der Waals surface area contributed by atoms with Crippen molar-refractivity contribution in [1.82, 2.24) is 4.90 Å². The lowest BCUT2D eigenvalue weighted by atomic mass is 10.1. The minimum Gasteiger partial charge on any atom is -0.333 e. The van der Waals surface area contributed by atoms with Gasteiger partial charge in [0, 0.05) is 37.3 Å². The number of carbonyl (C=O) groups is 1. The highest BCUT2D eigenvalue weighted by molar-refractivity contribution is 5.94. The van der Waals surface area contributed by atoms with E-state index in [0.717, 1.165) is 5.56 Å². The van der Waals surface area contributed by atoms with Gasteiger partial charge in [0.2, 0.25) is 0 Å². The minimum atomic E-state index is -0.513. The number of nitro benzene ring substituents is 1. The molecule has 0 aromatic heterocycles. The molecule has 6 heteroatoms. The highest BCUT2D eigenvalue weighted by Crippen LogP contribution is 2.16. The van der Waals surface area contributed by atoms with Gasteiger partial charge in [-0.25, -0.2) is 0 Å². The Bertz CT molecular complexity index is 659. The fraction of sp³-hybridized carbons (Fsp3) is 0.188. The molecule has 0 aliphatic heterocycles. The molecule has 114 valence electrons. The van der Waals surface area contributed by atoms with E-state index in [-0.39, 0.29) is 11.6 Å². The number of amides is 1. The summed E-state index contributed by atoms with van der Waals surface area (Å²) in [6.07, 6.45) is 0. The molecule has 0 fully saturated rings. The third-order valence-electron chi connectivity index (χ3n) is 3.21. The topological polar surface area (TPSA) is 89.5 Å². The van der Waals surface area contributed by atoms with E-state index in [9.17, 15) is 14.9 Å². The summed E-state index contributed by atoms with van der Waals surface area (Å²) in [7, 11) is 0. The largest absolute Gasteiger partial charge is 0.333 e. The molecular formula is C16H17N3O3. The van der Waals surface area contributed by atoms with Gasteiger partial charge in [0.05, 0.1) is 4.92 Å². The third-order valence-corrected chi connectivity index (χ3v) is 3.21. The Hall–Kier alpha value is -2.73. The first-order valence-corrected chi connectivity index (χ1v) is 6.89. The number of hydrogen-bond acceptors (Lipinski definition) is 4. The summed E-state index contributed by atoms with van der Waals surface area (Å²) in [5.41, 5.74) is 6.75. The number of non-ortho nitro benzene ring substituents is 1. The van der Waals surface area contributed by atoms with Crippen molar-refractivity contribution in [3.8, 4) is 0 Å². The Morgan fingerprint density at radius 3 is 2.50 bits per heavy atom. The number of nitro groups is 1. The fourth-order valence-electron chi connectivity index (χ4n) is 2.15. The first kappa shape index (κ1) is 15.7. The average molecular weight is 299 g/mol. The minimum absolute atomic E-state index is 0.0988. The van der Waals surface area contributed by atoms with Crippen molar-refractivity contribution < 1.29 is 9.72 Å². The lowest BCUT2D eigenvalue weighted by molar-refractivity contribution is -0.384. The SMILES string of the molecule is NCCN(Cc1ccccc1)C(=O)c1cccc([N+](=O)[O-])c1. The van der Waals surface area contributed by atoms with Crippen molar-refractivity contribution in [2.75, 3.05) is 13.1 Å². The van der Waals surface area contributed by atoms with Crippen LogP contribution in [-0.4, -0.2) is 28.8 Å². The molecule has 0 saturated heterocycles. The predicted octanol–water partition coefficient (Wildman–Crippen LogP) is 2.20. The van der Waals surface area contributed by atoms with Gasteiger partial charge >= 0.3 is 0 Å². The lowest BCUT2D eigenvalue weighted by Crippen LogP contribution is -2.34. The molecule has 0 radical (unpaired) electrons. The molecule has 0 aliphatic rings. The summed E-state index contributed by atoms with van der Waals surface area (Å²) in [5, 5.41) is 10.8.